The van der Waals surface area contributed by atoms with Gasteiger partial charge >= 0.3 is 0 Å². The van der Waals surface area contributed by atoms with Crippen LogP contribution < -0.4 is 10.3 Å². The quantitative estimate of drug-likeness (QED) is 0.857. The van der Waals surface area contributed by atoms with Crippen molar-refractivity contribution < 1.29 is 9.13 Å². The van der Waals surface area contributed by atoms with E-state index in [1.54, 1.807) is 31.3 Å². The summed E-state index contributed by atoms with van der Waals surface area (Å²) in [5.74, 6) is -0.297. The first kappa shape index (κ1) is 13.8. The third-order valence-corrected chi connectivity index (χ3v) is 2.91. The van der Waals surface area contributed by atoms with Crippen molar-refractivity contribution >= 4 is 0 Å². The fourth-order valence-corrected chi connectivity index (χ4v) is 1.79. The van der Waals surface area contributed by atoms with E-state index in [1.165, 1.54) is 16.7 Å². The lowest BCUT2D eigenvalue weighted by Crippen LogP contribution is -2.25. The Morgan fingerprint density at radius 3 is 2.80 bits per heavy atom. The minimum atomic E-state index is -0.443. The number of halogens is 1. The predicted octanol–water partition coefficient (Wildman–Crippen LogP) is 2.25. The van der Waals surface area contributed by atoms with E-state index in [0.717, 1.165) is 0 Å². The molecule has 0 N–H and O–H groups in total. The summed E-state index contributed by atoms with van der Waals surface area (Å²) >= 11 is 0. The highest BCUT2D eigenvalue weighted by molar-refractivity contribution is 5.33. The molecule has 0 aliphatic carbocycles. The van der Waals surface area contributed by atoms with Crippen LogP contribution in [-0.4, -0.2) is 11.2 Å². The normalized spacial score (nSPS) is 10.1. The van der Waals surface area contributed by atoms with Gasteiger partial charge in [0.05, 0.1) is 6.54 Å². The number of hydrogen-bond donors (Lipinski definition) is 0. The summed E-state index contributed by atoms with van der Waals surface area (Å²) in [6.07, 6.45) is 1.60. The van der Waals surface area contributed by atoms with E-state index in [-0.39, 0.29) is 30.0 Å². The molecular formula is C15H13FN2O2. The van der Waals surface area contributed by atoms with Crippen LogP contribution in [0.15, 0.2) is 41.3 Å². The minimum Gasteiger partial charge on any atom is -0.489 e. The predicted molar refractivity (Wildman–Crippen MR) is 72.0 cm³/mol. The Balaban J connectivity index is 2.08. The number of benzene rings is 1. The van der Waals surface area contributed by atoms with Gasteiger partial charge in [-0.1, -0.05) is 12.1 Å². The van der Waals surface area contributed by atoms with E-state index in [4.69, 9.17) is 10.00 Å². The van der Waals surface area contributed by atoms with Crippen LogP contribution in [0.4, 0.5) is 4.39 Å². The van der Waals surface area contributed by atoms with Gasteiger partial charge in [0.1, 0.15) is 18.2 Å². The molecule has 4 nitrogen and oxygen atoms in total. The lowest BCUT2D eigenvalue weighted by molar-refractivity contribution is 0.282. The second kappa shape index (κ2) is 6.02. The summed E-state index contributed by atoms with van der Waals surface area (Å²) in [6, 6.07) is 9.66. The van der Waals surface area contributed by atoms with Gasteiger partial charge in [0.15, 0.2) is 11.6 Å². The van der Waals surface area contributed by atoms with Crippen molar-refractivity contribution in [3.8, 4) is 11.8 Å². The average Bonchev–Trinajstić information content (AvgIpc) is 2.44. The second-order valence-electron chi connectivity index (χ2n) is 4.26. The SMILES string of the molecule is Cc1ccn(CCOc2ccccc2F)c(=O)c1C#N. The molecule has 0 aliphatic rings. The molecule has 0 saturated carbocycles. The number of pyridine rings is 1. The first-order valence-corrected chi connectivity index (χ1v) is 6.11. The van der Waals surface area contributed by atoms with E-state index < -0.39 is 5.82 Å². The molecule has 1 heterocycles. The summed E-state index contributed by atoms with van der Waals surface area (Å²) in [5, 5.41) is 8.92. The lowest BCUT2D eigenvalue weighted by Gasteiger charge is -2.09. The molecule has 0 radical (unpaired) electrons. The van der Waals surface area contributed by atoms with Crippen LogP contribution in [0.3, 0.4) is 0 Å². The number of aromatic nitrogens is 1. The van der Waals surface area contributed by atoms with Crippen LogP contribution >= 0.6 is 0 Å². The van der Waals surface area contributed by atoms with Crippen LogP contribution in [0.1, 0.15) is 11.1 Å². The number of ether oxygens (including phenoxy) is 1. The molecule has 2 rings (SSSR count). The standard InChI is InChI=1S/C15H13FN2O2/c1-11-6-7-18(15(19)12(11)10-17)8-9-20-14-5-3-2-4-13(14)16/h2-7H,8-9H2,1H3. The fourth-order valence-electron chi connectivity index (χ4n) is 1.79. The molecule has 0 spiro atoms. The molecule has 1 aromatic carbocycles. The highest BCUT2D eigenvalue weighted by Crippen LogP contribution is 2.15. The fraction of sp³-hybridized carbons (Fsp3) is 0.200. The third-order valence-electron chi connectivity index (χ3n) is 2.91. The molecule has 0 atom stereocenters. The highest BCUT2D eigenvalue weighted by atomic mass is 19.1. The number of nitrogens with zero attached hydrogens (tertiary/aromatic N) is 2. The maximum atomic E-state index is 13.3. The Kier molecular flexibility index (Phi) is 4.16. The number of rotatable bonds is 4. The summed E-state index contributed by atoms with van der Waals surface area (Å²) < 4.78 is 20.0. The topological polar surface area (TPSA) is 55.0 Å². The summed E-state index contributed by atoms with van der Waals surface area (Å²) in [5.41, 5.74) is 0.409. The lowest BCUT2D eigenvalue weighted by atomic mass is 10.2. The molecule has 20 heavy (non-hydrogen) atoms. The Morgan fingerprint density at radius 2 is 2.10 bits per heavy atom. The van der Waals surface area contributed by atoms with Crippen LogP contribution in [0.5, 0.6) is 5.75 Å². The molecule has 0 amide bonds. The molecule has 0 fully saturated rings. The van der Waals surface area contributed by atoms with Crippen LogP contribution in [0.25, 0.3) is 0 Å². The summed E-state index contributed by atoms with van der Waals surface area (Å²) in [7, 11) is 0. The van der Waals surface area contributed by atoms with Gasteiger partial charge in [0.2, 0.25) is 0 Å². The van der Waals surface area contributed by atoms with Gasteiger partial charge < -0.3 is 9.30 Å². The molecule has 2 aromatic rings. The maximum absolute atomic E-state index is 13.3. The molecule has 0 saturated heterocycles. The monoisotopic (exact) mass is 272 g/mol. The van der Waals surface area contributed by atoms with E-state index in [2.05, 4.69) is 0 Å². The Labute approximate surface area is 115 Å². The Bertz CT molecular complexity index is 717. The smallest absolute Gasteiger partial charge is 0.268 e. The Morgan fingerprint density at radius 1 is 1.35 bits per heavy atom. The van der Waals surface area contributed by atoms with E-state index >= 15 is 0 Å². The number of hydrogen-bond acceptors (Lipinski definition) is 3. The average molecular weight is 272 g/mol. The maximum Gasteiger partial charge on any atom is 0.268 e. The van der Waals surface area contributed by atoms with Crippen molar-refractivity contribution in [2.24, 2.45) is 0 Å². The highest BCUT2D eigenvalue weighted by Gasteiger charge is 2.07. The largest absolute Gasteiger partial charge is 0.489 e. The van der Waals surface area contributed by atoms with Gasteiger partial charge in [0.25, 0.3) is 5.56 Å². The zero-order valence-corrected chi connectivity index (χ0v) is 11.0. The second-order valence-corrected chi connectivity index (χ2v) is 4.26. The van der Waals surface area contributed by atoms with Crippen LogP contribution in [-0.2, 0) is 6.54 Å². The van der Waals surface area contributed by atoms with Crippen molar-refractivity contribution in [3.05, 3.63) is 63.8 Å². The molecule has 102 valence electrons. The molecule has 0 aliphatic heterocycles. The van der Waals surface area contributed by atoms with Gasteiger partial charge in [0, 0.05) is 6.20 Å². The first-order valence-electron chi connectivity index (χ1n) is 6.11. The van der Waals surface area contributed by atoms with Crippen LogP contribution in [0.2, 0.25) is 0 Å². The van der Waals surface area contributed by atoms with E-state index in [9.17, 15) is 9.18 Å². The molecular weight excluding hydrogens is 259 g/mol. The third kappa shape index (κ3) is 2.86. The van der Waals surface area contributed by atoms with Crippen LogP contribution in [0, 0.1) is 24.1 Å². The van der Waals surface area contributed by atoms with Crippen molar-refractivity contribution in [1.29, 1.82) is 5.26 Å². The van der Waals surface area contributed by atoms with Gasteiger partial charge in [-0.25, -0.2) is 4.39 Å². The van der Waals surface area contributed by atoms with Crippen molar-refractivity contribution in [1.82, 2.24) is 4.57 Å². The number of aryl methyl sites for hydroxylation is 1. The zero-order chi connectivity index (χ0) is 14.5. The number of nitriles is 1. The Hall–Kier alpha value is -2.61. The summed E-state index contributed by atoms with van der Waals surface area (Å²) in [4.78, 5) is 11.9. The molecule has 5 heteroatoms. The van der Waals surface area contributed by atoms with Gasteiger partial charge in [-0.15, -0.1) is 0 Å². The van der Waals surface area contributed by atoms with Crippen molar-refractivity contribution in [3.63, 3.8) is 0 Å². The van der Waals surface area contributed by atoms with Crippen molar-refractivity contribution in [2.75, 3.05) is 6.61 Å². The molecule has 0 bridgehead atoms. The van der Waals surface area contributed by atoms with Gasteiger partial charge in [-0.2, -0.15) is 5.26 Å². The minimum absolute atomic E-state index is 0.124. The van der Waals surface area contributed by atoms with E-state index in [0.29, 0.717) is 5.56 Å². The van der Waals surface area contributed by atoms with E-state index in [1.807, 2.05) is 6.07 Å². The molecule has 0 unspecified atom stereocenters. The number of para-hydroxylation sites is 1. The molecule has 1 aromatic heterocycles. The first-order chi connectivity index (χ1) is 9.63. The van der Waals surface area contributed by atoms with Gasteiger partial charge in [-0.3, -0.25) is 4.79 Å². The van der Waals surface area contributed by atoms with Crippen molar-refractivity contribution in [2.45, 2.75) is 13.5 Å². The van der Waals surface area contributed by atoms with Gasteiger partial charge in [-0.05, 0) is 30.7 Å². The zero-order valence-electron chi connectivity index (χ0n) is 11.0. The summed E-state index contributed by atoms with van der Waals surface area (Å²) in [6.45, 7) is 2.11.